The normalized spacial score (nSPS) is 11.4. The molecule has 0 fully saturated rings. The largest absolute Gasteiger partial charge is 0.334 e. The van der Waals surface area contributed by atoms with Crippen LogP contribution < -0.4 is 11.4 Å². The Labute approximate surface area is 158 Å². The maximum Gasteiger partial charge on any atom is 0.271 e. The van der Waals surface area contributed by atoms with Crippen LogP contribution in [0.4, 0.5) is 0 Å². The lowest BCUT2D eigenvalue weighted by atomic mass is 10.1. The summed E-state index contributed by atoms with van der Waals surface area (Å²) in [5.74, 6) is 7.54. The maximum atomic E-state index is 12.3. The molecular weight excluding hydrogens is 364 g/mol. The molecule has 0 atom stereocenters. The summed E-state index contributed by atoms with van der Waals surface area (Å²) in [6.07, 6.45) is 0. The van der Waals surface area contributed by atoms with Gasteiger partial charge in [0.15, 0.2) is 0 Å². The lowest BCUT2D eigenvalue weighted by molar-refractivity contribution is 0.727. The minimum Gasteiger partial charge on any atom is -0.334 e. The van der Waals surface area contributed by atoms with Crippen molar-refractivity contribution in [2.24, 2.45) is 0 Å². The van der Waals surface area contributed by atoms with Crippen molar-refractivity contribution in [2.75, 3.05) is 5.84 Å². The monoisotopic (exact) mass is 382 g/mol. The van der Waals surface area contributed by atoms with Crippen molar-refractivity contribution in [3.8, 4) is 5.95 Å². The van der Waals surface area contributed by atoms with E-state index in [1.165, 1.54) is 16.4 Å². The van der Waals surface area contributed by atoms with Gasteiger partial charge in [-0.15, -0.1) is 10.2 Å². The summed E-state index contributed by atoms with van der Waals surface area (Å²) in [6.45, 7) is 5.76. The van der Waals surface area contributed by atoms with Crippen LogP contribution in [0.5, 0.6) is 0 Å². The average molecular weight is 382 g/mol. The molecule has 138 valence electrons. The topological polar surface area (TPSA) is 120 Å². The van der Waals surface area contributed by atoms with Gasteiger partial charge in [0.25, 0.3) is 11.5 Å². The highest BCUT2D eigenvalue weighted by atomic mass is 32.2. The quantitative estimate of drug-likeness (QED) is 0.406. The summed E-state index contributed by atoms with van der Waals surface area (Å²) in [5.41, 5.74) is 3.29. The number of nitrogens with two attached hydrogens (primary N) is 1. The molecule has 0 bridgehead atoms. The number of aryl methyl sites for hydroxylation is 3. The van der Waals surface area contributed by atoms with Gasteiger partial charge in [0, 0.05) is 5.69 Å². The number of hydrogen-bond acceptors (Lipinski definition) is 7. The average Bonchev–Trinajstić information content (AvgIpc) is 3.15. The number of nitrogen functional groups attached to an aromatic ring is 1. The van der Waals surface area contributed by atoms with Crippen LogP contribution in [0.3, 0.4) is 0 Å². The molecule has 3 N–H and O–H groups in total. The number of thioether (sulfide) groups is 1. The van der Waals surface area contributed by atoms with Gasteiger partial charge in [0.2, 0.25) is 5.16 Å². The molecular formula is C17H18N8OS. The van der Waals surface area contributed by atoms with E-state index in [9.17, 15) is 4.79 Å². The second-order valence-corrected chi connectivity index (χ2v) is 7.21. The zero-order chi connectivity index (χ0) is 19.1. The van der Waals surface area contributed by atoms with Gasteiger partial charge < -0.3 is 10.8 Å². The van der Waals surface area contributed by atoms with E-state index in [4.69, 9.17) is 5.84 Å². The number of para-hydroxylation sites is 1. The minimum atomic E-state index is -0.156. The van der Waals surface area contributed by atoms with Crippen LogP contribution in [0.1, 0.15) is 22.8 Å². The Balaban J connectivity index is 1.61. The SMILES string of the molecule is Cc1cc(C)n(-c2nnc(SCc3nc4c(C)cccc4c(=O)[nH]3)n2N)n1. The molecule has 3 heterocycles. The van der Waals surface area contributed by atoms with Crippen LogP contribution in [0.2, 0.25) is 0 Å². The van der Waals surface area contributed by atoms with Gasteiger partial charge >= 0.3 is 0 Å². The van der Waals surface area contributed by atoms with Gasteiger partial charge in [0.1, 0.15) is 5.82 Å². The van der Waals surface area contributed by atoms with Crippen molar-refractivity contribution in [1.82, 2.24) is 34.6 Å². The van der Waals surface area contributed by atoms with E-state index in [1.807, 2.05) is 39.0 Å². The van der Waals surface area contributed by atoms with Gasteiger partial charge in [-0.25, -0.2) is 14.3 Å². The molecule has 0 aliphatic carbocycles. The van der Waals surface area contributed by atoms with E-state index in [0.717, 1.165) is 17.0 Å². The van der Waals surface area contributed by atoms with Crippen LogP contribution in [-0.4, -0.2) is 34.6 Å². The Kier molecular flexibility index (Phi) is 4.19. The van der Waals surface area contributed by atoms with Crippen molar-refractivity contribution >= 4 is 22.7 Å². The molecule has 0 saturated heterocycles. The van der Waals surface area contributed by atoms with Gasteiger partial charge in [-0.3, -0.25) is 4.79 Å². The zero-order valence-corrected chi connectivity index (χ0v) is 15.9. The second kappa shape index (κ2) is 6.54. The lowest BCUT2D eigenvalue weighted by Crippen LogP contribution is -2.17. The molecule has 1 aromatic carbocycles. The Morgan fingerprint density at radius 1 is 1.22 bits per heavy atom. The fraction of sp³-hybridized carbons (Fsp3) is 0.235. The first kappa shape index (κ1) is 17.3. The zero-order valence-electron chi connectivity index (χ0n) is 15.1. The van der Waals surface area contributed by atoms with Crippen molar-refractivity contribution in [3.63, 3.8) is 0 Å². The predicted molar refractivity (Wildman–Crippen MR) is 103 cm³/mol. The fourth-order valence-corrected chi connectivity index (χ4v) is 3.62. The molecule has 4 aromatic rings. The summed E-state index contributed by atoms with van der Waals surface area (Å²) in [7, 11) is 0. The molecule has 0 aliphatic heterocycles. The smallest absolute Gasteiger partial charge is 0.271 e. The Bertz CT molecular complexity index is 1210. The van der Waals surface area contributed by atoms with E-state index in [1.54, 1.807) is 10.7 Å². The van der Waals surface area contributed by atoms with Crippen molar-refractivity contribution in [1.29, 1.82) is 0 Å². The third kappa shape index (κ3) is 3.08. The Hall–Kier alpha value is -3.14. The van der Waals surface area contributed by atoms with Crippen molar-refractivity contribution in [3.05, 3.63) is 57.4 Å². The molecule has 0 saturated carbocycles. The summed E-state index contributed by atoms with van der Waals surface area (Å²) in [5, 5.41) is 13.7. The first-order valence-corrected chi connectivity index (χ1v) is 9.28. The number of nitrogens with one attached hydrogen (secondary N) is 1. The number of aromatic amines is 1. The minimum absolute atomic E-state index is 0.156. The number of hydrogen-bond donors (Lipinski definition) is 2. The van der Waals surface area contributed by atoms with E-state index in [2.05, 4.69) is 25.3 Å². The third-order valence-electron chi connectivity index (χ3n) is 4.17. The summed E-state index contributed by atoms with van der Waals surface area (Å²) in [6, 6.07) is 7.49. The van der Waals surface area contributed by atoms with E-state index >= 15 is 0 Å². The molecule has 0 amide bonds. The standard InChI is InChI=1S/C17H18N8OS/c1-9-5-4-6-12-14(9)19-13(20-15(12)26)8-27-17-22-21-16(24(17)18)25-11(3)7-10(2)23-25/h4-7H,8,18H2,1-3H3,(H,19,20,26). The predicted octanol–water partition coefficient (Wildman–Crippen LogP) is 1.63. The van der Waals surface area contributed by atoms with Crippen LogP contribution in [0, 0.1) is 20.8 Å². The summed E-state index contributed by atoms with van der Waals surface area (Å²) < 4.78 is 3.03. The lowest BCUT2D eigenvalue weighted by Gasteiger charge is -2.06. The Morgan fingerprint density at radius 2 is 2.04 bits per heavy atom. The molecule has 10 heteroatoms. The number of nitrogens with zero attached hydrogens (tertiary/aromatic N) is 6. The molecule has 0 radical (unpaired) electrons. The highest BCUT2D eigenvalue weighted by molar-refractivity contribution is 7.98. The summed E-state index contributed by atoms with van der Waals surface area (Å²) >= 11 is 1.34. The van der Waals surface area contributed by atoms with Gasteiger partial charge in [0.05, 0.1) is 22.3 Å². The molecule has 27 heavy (non-hydrogen) atoms. The van der Waals surface area contributed by atoms with E-state index in [0.29, 0.717) is 33.6 Å². The van der Waals surface area contributed by atoms with Crippen molar-refractivity contribution in [2.45, 2.75) is 31.7 Å². The highest BCUT2D eigenvalue weighted by Crippen LogP contribution is 2.21. The third-order valence-corrected chi connectivity index (χ3v) is 5.12. The molecule has 3 aromatic heterocycles. The van der Waals surface area contributed by atoms with Crippen LogP contribution in [0.25, 0.3) is 16.9 Å². The number of rotatable bonds is 4. The molecule has 0 spiro atoms. The van der Waals surface area contributed by atoms with Gasteiger partial charge in [-0.2, -0.15) is 5.10 Å². The van der Waals surface area contributed by atoms with E-state index in [-0.39, 0.29) is 5.56 Å². The second-order valence-electron chi connectivity index (χ2n) is 6.26. The number of benzene rings is 1. The first-order valence-electron chi connectivity index (χ1n) is 8.29. The van der Waals surface area contributed by atoms with Crippen LogP contribution in [0.15, 0.2) is 34.2 Å². The Morgan fingerprint density at radius 3 is 2.78 bits per heavy atom. The van der Waals surface area contributed by atoms with Crippen LogP contribution in [-0.2, 0) is 5.75 Å². The molecule has 0 unspecified atom stereocenters. The van der Waals surface area contributed by atoms with Crippen LogP contribution >= 0.6 is 11.8 Å². The molecule has 4 rings (SSSR count). The fourth-order valence-electron chi connectivity index (χ4n) is 2.90. The molecule has 9 nitrogen and oxygen atoms in total. The number of aromatic nitrogens is 7. The van der Waals surface area contributed by atoms with Gasteiger partial charge in [-0.1, -0.05) is 23.9 Å². The molecule has 0 aliphatic rings. The highest BCUT2D eigenvalue weighted by Gasteiger charge is 2.15. The number of fused-ring (bicyclic) bond motifs is 1. The van der Waals surface area contributed by atoms with Gasteiger partial charge in [-0.05, 0) is 38.5 Å². The summed E-state index contributed by atoms with van der Waals surface area (Å²) in [4.78, 5) is 19.7. The number of H-pyrrole nitrogens is 1. The van der Waals surface area contributed by atoms with E-state index < -0.39 is 0 Å². The first-order chi connectivity index (χ1) is 12.9. The maximum absolute atomic E-state index is 12.3. The van der Waals surface area contributed by atoms with Crippen molar-refractivity contribution < 1.29 is 0 Å².